The number of rotatable bonds is 2. The normalized spacial score (nSPS) is 21.0. The highest BCUT2D eigenvalue weighted by Gasteiger charge is 2.28. The first-order valence-electron chi connectivity index (χ1n) is 6.83. The van der Waals surface area contributed by atoms with E-state index in [-0.39, 0.29) is 0 Å². The standard InChI is InChI=1S/C14H29N3S/c1-13(2,3)7-8-16-12(15-6)17-9-10-18-14(4,5)11-17/h7-11H2,1-6H3,(H,15,16). The minimum Gasteiger partial charge on any atom is -0.356 e. The van der Waals surface area contributed by atoms with E-state index >= 15 is 0 Å². The molecule has 1 rings (SSSR count). The molecule has 1 aliphatic heterocycles. The number of hydrogen-bond donors (Lipinski definition) is 1. The topological polar surface area (TPSA) is 27.6 Å². The lowest BCUT2D eigenvalue weighted by atomic mass is 9.92. The van der Waals surface area contributed by atoms with Crippen molar-refractivity contribution in [2.45, 2.75) is 45.8 Å². The second-order valence-corrected chi connectivity index (χ2v) is 8.62. The van der Waals surface area contributed by atoms with Gasteiger partial charge in [0, 0.05) is 37.2 Å². The van der Waals surface area contributed by atoms with Gasteiger partial charge in [-0.25, -0.2) is 0 Å². The van der Waals surface area contributed by atoms with E-state index in [0.29, 0.717) is 10.2 Å². The smallest absolute Gasteiger partial charge is 0.193 e. The largest absolute Gasteiger partial charge is 0.356 e. The van der Waals surface area contributed by atoms with Gasteiger partial charge >= 0.3 is 0 Å². The summed E-state index contributed by atoms with van der Waals surface area (Å²) in [6, 6.07) is 0. The van der Waals surface area contributed by atoms with E-state index in [4.69, 9.17) is 0 Å². The van der Waals surface area contributed by atoms with Crippen LogP contribution in [0.2, 0.25) is 0 Å². The Morgan fingerprint density at radius 3 is 2.56 bits per heavy atom. The molecule has 1 heterocycles. The van der Waals surface area contributed by atoms with Gasteiger partial charge in [-0.15, -0.1) is 0 Å². The second kappa shape index (κ2) is 6.18. The van der Waals surface area contributed by atoms with E-state index in [9.17, 15) is 0 Å². The van der Waals surface area contributed by atoms with Crippen LogP contribution in [0.5, 0.6) is 0 Å². The molecule has 1 saturated heterocycles. The second-order valence-electron chi connectivity index (χ2n) is 6.81. The molecule has 0 aromatic rings. The molecule has 0 unspecified atom stereocenters. The minimum atomic E-state index is 0.333. The van der Waals surface area contributed by atoms with Crippen LogP contribution in [0, 0.1) is 5.41 Å². The molecule has 1 aliphatic rings. The number of guanidine groups is 1. The molecule has 106 valence electrons. The van der Waals surface area contributed by atoms with Crippen LogP contribution in [0.4, 0.5) is 0 Å². The molecule has 4 heteroatoms. The molecule has 0 bridgehead atoms. The molecule has 0 aliphatic carbocycles. The molecule has 0 aromatic carbocycles. The van der Waals surface area contributed by atoms with Crippen molar-refractivity contribution in [3.8, 4) is 0 Å². The van der Waals surface area contributed by atoms with Crippen LogP contribution < -0.4 is 5.32 Å². The van der Waals surface area contributed by atoms with Crippen molar-refractivity contribution < 1.29 is 0 Å². The first-order chi connectivity index (χ1) is 8.23. The summed E-state index contributed by atoms with van der Waals surface area (Å²) in [5.41, 5.74) is 0.378. The van der Waals surface area contributed by atoms with Crippen LogP contribution in [0.25, 0.3) is 0 Å². The molecule has 1 fully saturated rings. The summed E-state index contributed by atoms with van der Waals surface area (Å²) in [5, 5.41) is 3.50. The van der Waals surface area contributed by atoms with Gasteiger partial charge in [0.15, 0.2) is 5.96 Å². The van der Waals surface area contributed by atoms with Crippen LogP contribution in [0.3, 0.4) is 0 Å². The third kappa shape index (κ3) is 5.51. The fraction of sp³-hybridized carbons (Fsp3) is 0.929. The summed E-state index contributed by atoms with van der Waals surface area (Å²) in [6.45, 7) is 14.6. The summed E-state index contributed by atoms with van der Waals surface area (Å²) in [4.78, 5) is 6.81. The van der Waals surface area contributed by atoms with Crippen LogP contribution in [0.1, 0.15) is 41.0 Å². The monoisotopic (exact) mass is 271 g/mol. The van der Waals surface area contributed by atoms with Crippen molar-refractivity contribution in [3.05, 3.63) is 0 Å². The third-order valence-corrected chi connectivity index (χ3v) is 4.39. The SMILES string of the molecule is CN=C(NCCC(C)(C)C)N1CCSC(C)(C)C1. The molecular weight excluding hydrogens is 242 g/mol. The Labute approximate surface area is 117 Å². The van der Waals surface area contributed by atoms with Gasteiger partial charge in [-0.2, -0.15) is 11.8 Å². The van der Waals surface area contributed by atoms with Crippen molar-refractivity contribution in [3.63, 3.8) is 0 Å². The lowest BCUT2D eigenvalue weighted by Crippen LogP contribution is -2.51. The molecule has 1 N–H and O–H groups in total. The zero-order valence-corrected chi connectivity index (χ0v) is 13.7. The maximum absolute atomic E-state index is 4.42. The fourth-order valence-electron chi connectivity index (χ4n) is 2.08. The van der Waals surface area contributed by atoms with Gasteiger partial charge in [-0.1, -0.05) is 20.8 Å². The fourth-order valence-corrected chi connectivity index (χ4v) is 3.19. The molecule has 18 heavy (non-hydrogen) atoms. The number of nitrogens with zero attached hydrogens (tertiary/aromatic N) is 2. The van der Waals surface area contributed by atoms with E-state index in [1.807, 2.05) is 7.05 Å². The highest BCUT2D eigenvalue weighted by Crippen LogP contribution is 2.29. The highest BCUT2D eigenvalue weighted by molar-refractivity contribution is 8.00. The molecule has 0 amide bonds. The third-order valence-electron chi connectivity index (χ3n) is 3.10. The van der Waals surface area contributed by atoms with Gasteiger partial charge in [0.1, 0.15) is 0 Å². The highest BCUT2D eigenvalue weighted by atomic mass is 32.2. The average Bonchev–Trinajstić information content (AvgIpc) is 2.21. The van der Waals surface area contributed by atoms with Crippen LogP contribution in [-0.4, -0.2) is 48.0 Å². The summed E-state index contributed by atoms with van der Waals surface area (Å²) < 4.78 is 0.333. The van der Waals surface area contributed by atoms with Gasteiger partial charge < -0.3 is 10.2 Å². The van der Waals surface area contributed by atoms with Gasteiger partial charge in [0.05, 0.1) is 0 Å². The lowest BCUT2D eigenvalue weighted by Gasteiger charge is -2.39. The van der Waals surface area contributed by atoms with Crippen molar-refractivity contribution in [1.29, 1.82) is 0 Å². The number of nitrogens with one attached hydrogen (secondary N) is 1. The molecule has 0 radical (unpaired) electrons. The summed E-state index contributed by atoms with van der Waals surface area (Å²) >= 11 is 2.06. The molecule has 0 spiro atoms. The van der Waals surface area contributed by atoms with Crippen LogP contribution in [0.15, 0.2) is 4.99 Å². The zero-order chi connectivity index (χ0) is 13.8. The van der Waals surface area contributed by atoms with Crippen molar-refractivity contribution >= 4 is 17.7 Å². The van der Waals surface area contributed by atoms with Crippen molar-refractivity contribution in [2.24, 2.45) is 10.4 Å². The van der Waals surface area contributed by atoms with Crippen molar-refractivity contribution in [1.82, 2.24) is 10.2 Å². The van der Waals surface area contributed by atoms with Gasteiger partial charge in [-0.05, 0) is 25.7 Å². The number of hydrogen-bond acceptors (Lipinski definition) is 2. The van der Waals surface area contributed by atoms with E-state index < -0.39 is 0 Å². The van der Waals surface area contributed by atoms with Crippen molar-refractivity contribution in [2.75, 3.05) is 32.4 Å². The molecule has 0 saturated carbocycles. The molecular formula is C14H29N3S. The summed E-state index contributed by atoms with van der Waals surface area (Å²) in [6.07, 6.45) is 1.16. The number of aliphatic imine (C=N–C) groups is 1. The van der Waals surface area contributed by atoms with Crippen LogP contribution in [-0.2, 0) is 0 Å². The van der Waals surface area contributed by atoms with E-state index in [1.165, 1.54) is 5.75 Å². The Bertz CT molecular complexity index is 292. The van der Waals surface area contributed by atoms with E-state index in [0.717, 1.165) is 32.0 Å². The Hall–Kier alpha value is -0.380. The average molecular weight is 271 g/mol. The minimum absolute atomic E-state index is 0.333. The Morgan fingerprint density at radius 2 is 2.06 bits per heavy atom. The quantitative estimate of drug-likeness (QED) is 0.618. The molecule has 0 atom stereocenters. The maximum atomic E-state index is 4.42. The van der Waals surface area contributed by atoms with Crippen LogP contribution >= 0.6 is 11.8 Å². The zero-order valence-electron chi connectivity index (χ0n) is 12.8. The predicted molar refractivity (Wildman–Crippen MR) is 83.5 cm³/mol. The predicted octanol–water partition coefficient (Wildman–Crippen LogP) is 2.83. The van der Waals surface area contributed by atoms with E-state index in [1.54, 1.807) is 0 Å². The first kappa shape index (κ1) is 15.7. The number of thioether (sulfide) groups is 1. The lowest BCUT2D eigenvalue weighted by molar-refractivity contribution is 0.355. The summed E-state index contributed by atoms with van der Waals surface area (Å²) in [5.74, 6) is 2.25. The Balaban J connectivity index is 2.47. The van der Waals surface area contributed by atoms with Gasteiger partial charge in [-0.3, -0.25) is 4.99 Å². The molecule has 3 nitrogen and oxygen atoms in total. The van der Waals surface area contributed by atoms with Gasteiger partial charge in [0.25, 0.3) is 0 Å². The van der Waals surface area contributed by atoms with E-state index in [2.05, 4.69) is 61.6 Å². The Morgan fingerprint density at radius 1 is 1.39 bits per heavy atom. The molecule has 0 aromatic heterocycles. The summed E-state index contributed by atoms with van der Waals surface area (Å²) in [7, 11) is 1.88. The van der Waals surface area contributed by atoms with Gasteiger partial charge in [0.2, 0.25) is 0 Å². The Kier molecular flexibility index (Phi) is 5.38. The first-order valence-corrected chi connectivity index (χ1v) is 7.82. The maximum Gasteiger partial charge on any atom is 0.193 e.